The fraction of sp³-hybridized carbons (Fsp3) is 0. The molecule has 0 saturated carbocycles. The number of pyridine rings is 1. The summed E-state index contributed by atoms with van der Waals surface area (Å²) in [6.07, 6.45) is 0. The van der Waals surface area contributed by atoms with E-state index in [2.05, 4.69) is 124 Å². The SMILES string of the molecule is O=P(c1ccccc1)(c1ccccc1)c1ccccc1Oc1ccccc1P(=O)(c1ccccc1)c1ccccc1.[2H]P[2H].[Y].c1cc(-n2c3ccccc3c3ccccc32)nc(-n2c3ccccc3c3ccccc32)c1. The summed E-state index contributed by atoms with van der Waals surface area (Å²) in [5, 5.41) is 9.01. The zero-order chi connectivity index (χ0) is 51.9. The first kappa shape index (κ1) is 48.7. The summed E-state index contributed by atoms with van der Waals surface area (Å²) >= 11 is 0. The molecule has 0 fully saturated rings. The van der Waals surface area contributed by atoms with Gasteiger partial charge in [0.05, 0.1) is 35.2 Å². The molecule has 0 spiro atoms. The smallest absolute Gasteiger partial charge is 0.174 e. The second-order valence-corrected chi connectivity index (χ2v) is 23.2. The predicted molar refractivity (Wildman–Crippen MR) is 316 cm³/mol. The van der Waals surface area contributed by atoms with E-state index in [0.29, 0.717) is 22.1 Å². The van der Waals surface area contributed by atoms with Gasteiger partial charge in [-0.25, -0.2) is 4.98 Å². The van der Waals surface area contributed by atoms with Crippen LogP contribution in [0.25, 0.3) is 55.2 Å². The van der Waals surface area contributed by atoms with Crippen LogP contribution in [0.1, 0.15) is 0 Å². The normalized spacial score (nSPS) is 11.6. The van der Waals surface area contributed by atoms with Crippen LogP contribution in [-0.4, -0.2) is 16.7 Å². The molecular formula is C65H50N3O3P3Y. The van der Waals surface area contributed by atoms with Gasteiger partial charge in [0.15, 0.2) is 14.3 Å². The Bertz CT molecular complexity index is 3780. The maximum Gasteiger partial charge on any atom is 0.174 e. The van der Waals surface area contributed by atoms with Crippen molar-refractivity contribution in [3.63, 3.8) is 0 Å². The van der Waals surface area contributed by atoms with Crippen molar-refractivity contribution in [3.05, 3.63) is 285 Å². The van der Waals surface area contributed by atoms with Crippen molar-refractivity contribution in [2.45, 2.75) is 0 Å². The van der Waals surface area contributed by atoms with Gasteiger partial charge >= 0.3 is 0 Å². The van der Waals surface area contributed by atoms with Crippen LogP contribution in [0, 0.1) is 0 Å². The van der Waals surface area contributed by atoms with Gasteiger partial charge in [0.2, 0.25) is 0 Å². The van der Waals surface area contributed by atoms with E-state index in [1.807, 2.05) is 170 Å². The zero-order valence-corrected chi connectivity index (χ0v) is 46.3. The molecule has 6 nitrogen and oxygen atoms in total. The molecule has 1 radical (unpaired) electrons. The fourth-order valence-electron chi connectivity index (χ4n) is 10.1. The van der Waals surface area contributed by atoms with E-state index in [9.17, 15) is 0 Å². The Morgan fingerprint density at radius 3 is 0.893 bits per heavy atom. The van der Waals surface area contributed by atoms with Gasteiger partial charge in [-0.05, 0) is 60.7 Å². The van der Waals surface area contributed by atoms with E-state index in [1.54, 1.807) is 0 Å². The number of fused-ring (bicyclic) bond motifs is 6. The van der Waals surface area contributed by atoms with E-state index in [-0.39, 0.29) is 32.7 Å². The van der Waals surface area contributed by atoms with Crippen molar-refractivity contribution in [2.75, 3.05) is 0 Å². The van der Waals surface area contributed by atoms with E-state index >= 15 is 9.13 Å². The molecule has 361 valence electrons. The van der Waals surface area contributed by atoms with Crippen LogP contribution < -0.4 is 36.6 Å². The predicted octanol–water partition coefficient (Wildman–Crippen LogP) is 14.1. The number of hydrogen-bond acceptors (Lipinski definition) is 4. The maximum absolute atomic E-state index is 15.2. The molecule has 75 heavy (non-hydrogen) atoms. The molecule has 0 atom stereocenters. The first-order chi connectivity index (χ1) is 37.4. The average Bonchev–Trinajstić information content (AvgIpc) is 4.08. The third-order valence-corrected chi connectivity index (χ3v) is 19.6. The number of benzene rings is 10. The summed E-state index contributed by atoms with van der Waals surface area (Å²) < 4.78 is 53.5. The van der Waals surface area contributed by atoms with Crippen LogP contribution in [0.3, 0.4) is 0 Å². The molecule has 0 unspecified atom stereocenters. The molecular weight excluding hydrogens is 1050 g/mol. The van der Waals surface area contributed by atoms with Gasteiger partial charge in [-0.3, -0.25) is 9.13 Å². The molecule has 10 heteroatoms. The number of hydrogen-bond donors (Lipinski definition) is 0. The van der Waals surface area contributed by atoms with Gasteiger partial charge in [-0.1, -0.05) is 224 Å². The molecule has 0 aliphatic rings. The topological polar surface area (TPSA) is 66.1 Å². The third-order valence-electron chi connectivity index (χ3n) is 13.4. The van der Waals surface area contributed by atoms with E-state index in [4.69, 9.17) is 12.3 Å². The quantitative estimate of drug-likeness (QED) is 0.128. The number of ether oxygens (including phenoxy) is 1. The van der Waals surface area contributed by atoms with Gasteiger partial charge in [-0.2, -0.15) is 9.79 Å². The number of para-hydroxylation sites is 6. The molecule has 0 aliphatic heterocycles. The van der Waals surface area contributed by atoms with Crippen molar-refractivity contribution in [2.24, 2.45) is 0 Å². The summed E-state index contributed by atoms with van der Waals surface area (Å²) in [6.45, 7) is 0. The molecule has 10 aromatic carbocycles. The molecule has 3 heterocycles. The number of nitrogens with zero attached hydrogens (tertiary/aromatic N) is 3. The van der Waals surface area contributed by atoms with Crippen molar-refractivity contribution in [1.82, 2.24) is 14.1 Å². The fourth-order valence-corrected chi connectivity index (χ4v) is 15.7. The molecule has 3 aromatic heterocycles. The first-order valence-corrected chi connectivity index (χ1v) is 27.7. The number of aromatic nitrogens is 3. The van der Waals surface area contributed by atoms with E-state index < -0.39 is 24.1 Å². The summed E-state index contributed by atoms with van der Waals surface area (Å²) in [6, 6.07) is 93.5. The monoisotopic (exact) mass is 1100 g/mol. The molecule has 13 aromatic rings. The molecule has 0 N–H and O–H groups in total. The van der Waals surface area contributed by atoms with E-state index in [0.717, 1.165) is 32.9 Å². The second kappa shape index (κ2) is 22.3. The van der Waals surface area contributed by atoms with Gasteiger partial charge in [0, 0.05) is 75.5 Å². The maximum atomic E-state index is 15.2. The Hall–Kier alpha value is -7.26. The van der Waals surface area contributed by atoms with Crippen molar-refractivity contribution in [1.29, 1.82) is 2.56 Å². The number of rotatable bonds is 10. The van der Waals surface area contributed by atoms with Gasteiger partial charge in [0.25, 0.3) is 0 Å². The minimum atomic E-state index is -3.32. The summed E-state index contributed by atoms with van der Waals surface area (Å²) in [4.78, 5) is 5.18. The van der Waals surface area contributed by atoms with Crippen LogP contribution in [0.2, 0.25) is 0 Å². The standard InChI is InChI=1S/C36H28O3P2.C29H19N3.H3P.Y/c37-40(29-17-5-1-6-18-29,30-19-7-2-8-20-30)35-27-15-13-25-33(35)39-34-26-14-16-28-36(34)41(38,31-21-9-3-10-22-31)32-23-11-4-12-24-32;1-5-14-24-20(10-1)21-11-2-6-15-25(21)31(24)28-18-9-19-29(30-28)32-26-16-7-3-12-22(26)23-13-4-8-17-27(23)32;;/h1-28H;1-19H;1H3;/i;;1D2;. The van der Waals surface area contributed by atoms with Gasteiger partial charge in [0.1, 0.15) is 23.1 Å². The molecule has 0 aliphatic carbocycles. The molecule has 13 rings (SSSR count). The molecule has 0 saturated heterocycles. The Morgan fingerprint density at radius 1 is 0.333 bits per heavy atom. The third kappa shape index (κ3) is 9.38. The zero-order valence-electron chi connectivity index (χ0n) is 42.7. The van der Waals surface area contributed by atoms with E-state index in [1.165, 1.54) is 43.6 Å². The average molecular weight is 1100 g/mol. The molecule has 0 bridgehead atoms. The Labute approximate surface area is 467 Å². The summed E-state index contributed by atoms with van der Waals surface area (Å²) in [7, 11) is -7.05. The van der Waals surface area contributed by atoms with Gasteiger partial charge < -0.3 is 13.9 Å². The summed E-state index contributed by atoms with van der Waals surface area (Å²) in [5.41, 5.74) is 4.67. The largest absolute Gasteiger partial charge is 0.456 e. The van der Waals surface area contributed by atoms with Crippen LogP contribution in [0.5, 0.6) is 11.5 Å². The summed E-state index contributed by atoms with van der Waals surface area (Å²) in [5.74, 6) is 2.76. The molecule has 0 amide bonds. The van der Waals surface area contributed by atoms with Crippen molar-refractivity contribution >= 4 is 99.5 Å². The van der Waals surface area contributed by atoms with Crippen LogP contribution in [-0.2, 0) is 41.8 Å². The minimum Gasteiger partial charge on any atom is -0.456 e. The van der Waals surface area contributed by atoms with Gasteiger partial charge in [-0.15, -0.1) is 0 Å². The Balaban J connectivity index is 0.000000168. The Kier molecular flexibility index (Phi) is 14.5. The Morgan fingerprint density at radius 2 is 0.587 bits per heavy atom. The van der Waals surface area contributed by atoms with Crippen molar-refractivity contribution < 1.29 is 46.6 Å². The van der Waals surface area contributed by atoms with Crippen LogP contribution in [0.4, 0.5) is 0 Å². The second-order valence-electron chi connectivity index (χ2n) is 17.7. The minimum absolute atomic E-state index is 0. The first-order valence-electron chi connectivity index (χ1n) is 25.3. The van der Waals surface area contributed by atoms with Crippen LogP contribution >= 0.6 is 24.1 Å². The van der Waals surface area contributed by atoms with Crippen molar-refractivity contribution in [3.8, 4) is 23.1 Å². The van der Waals surface area contributed by atoms with Crippen LogP contribution in [0.15, 0.2) is 285 Å².